The highest BCUT2D eigenvalue weighted by Gasteiger charge is 2.15. The third-order valence-corrected chi connectivity index (χ3v) is 3.35. The van der Waals surface area contributed by atoms with Gasteiger partial charge in [-0.3, -0.25) is 4.79 Å². The summed E-state index contributed by atoms with van der Waals surface area (Å²) in [6.07, 6.45) is 0. The van der Waals surface area contributed by atoms with Crippen molar-refractivity contribution in [3.05, 3.63) is 71.0 Å². The fourth-order valence-corrected chi connectivity index (χ4v) is 2.01. The van der Waals surface area contributed by atoms with E-state index in [2.05, 4.69) is 0 Å². The Morgan fingerprint density at radius 1 is 1.21 bits per heavy atom. The van der Waals surface area contributed by atoms with Crippen molar-refractivity contribution in [1.82, 2.24) is 4.90 Å². The number of rotatable bonds is 5. The number of halogens is 1. The van der Waals surface area contributed by atoms with Gasteiger partial charge in [0.1, 0.15) is 5.82 Å². The molecule has 24 heavy (non-hydrogen) atoms. The lowest BCUT2D eigenvalue weighted by atomic mass is 10.1. The number of benzene rings is 2. The van der Waals surface area contributed by atoms with Crippen molar-refractivity contribution in [2.24, 2.45) is 0 Å². The molecule has 0 atom stereocenters. The van der Waals surface area contributed by atoms with Crippen LogP contribution in [0.2, 0.25) is 0 Å². The number of hydrogen-bond acceptors (Lipinski definition) is 4. The van der Waals surface area contributed by atoms with Crippen molar-refractivity contribution in [3.8, 4) is 6.07 Å². The number of nitrogens with zero attached hydrogens (tertiary/aromatic N) is 2. The monoisotopic (exact) mass is 326 g/mol. The molecule has 0 unspecified atom stereocenters. The third-order valence-electron chi connectivity index (χ3n) is 3.35. The average molecular weight is 326 g/mol. The minimum absolute atomic E-state index is 0.0764. The maximum Gasteiger partial charge on any atom is 0.338 e. The molecule has 0 heterocycles. The Balaban J connectivity index is 1.91. The van der Waals surface area contributed by atoms with E-state index in [1.807, 2.05) is 6.07 Å². The van der Waals surface area contributed by atoms with Crippen LogP contribution >= 0.6 is 0 Å². The molecule has 0 radical (unpaired) electrons. The minimum Gasteiger partial charge on any atom is -0.452 e. The van der Waals surface area contributed by atoms with Crippen LogP contribution in [-0.2, 0) is 16.1 Å². The number of hydrogen-bond donors (Lipinski definition) is 0. The van der Waals surface area contributed by atoms with E-state index in [4.69, 9.17) is 10.00 Å². The average Bonchev–Trinajstić information content (AvgIpc) is 2.61. The molecule has 0 aliphatic heterocycles. The van der Waals surface area contributed by atoms with E-state index < -0.39 is 24.3 Å². The van der Waals surface area contributed by atoms with Gasteiger partial charge in [0.15, 0.2) is 6.61 Å². The van der Waals surface area contributed by atoms with Gasteiger partial charge in [0.25, 0.3) is 5.91 Å². The lowest BCUT2D eigenvalue weighted by Crippen LogP contribution is -2.31. The van der Waals surface area contributed by atoms with Gasteiger partial charge < -0.3 is 9.64 Å². The molecule has 0 saturated carbocycles. The van der Waals surface area contributed by atoms with E-state index in [0.29, 0.717) is 11.1 Å². The van der Waals surface area contributed by atoms with E-state index >= 15 is 0 Å². The predicted octanol–water partition coefficient (Wildman–Crippen LogP) is 2.51. The Labute approximate surface area is 138 Å². The van der Waals surface area contributed by atoms with Gasteiger partial charge in [0.2, 0.25) is 0 Å². The number of carbonyl (C=O) groups excluding carboxylic acids is 2. The molecule has 2 rings (SSSR count). The molecule has 0 aliphatic carbocycles. The first-order valence-corrected chi connectivity index (χ1v) is 7.16. The van der Waals surface area contributed by atoms with Crippen molar-refractivity contribution < 1.29 is 18.7 Å². The molecule has 0 aromatic heterocycles. The predicted molar refractivity (Wildman–Crippen MR) is 84.3 cm³/mol. The molecule has 1 amide bonds. The molecule has 2 aromatic carbocycles. The van der Waals surface area contributed by atoms with Crippen molar-refractivity contribution >= 4 is 11.9 Å². The highest BCUT2D eigenvalue weighted by atomic mass is 19.1. The number of esters is 1. The fourth-order valence-electron chi connectivity index (χ4n) is 2.01. The number of likely N-dealkylation sites (N-methyl/N-ethyl adjacent to an activating group) is 1. The van der Waals surface area contributed by atoms with Crippen molar-refractivity contribution in [2.45, 2.75) is 6.54 Å². The summed E-state index contributed by atoms with van der Waals surface area (Å²) in [6, 6.07) is 14.1. The first-order chi connectivity index (χ1) is 11.5. The molecule has 122 valence electrons. The second-order valence-corrected chi connectivity index (χ2v) is 5.11. The maximum atomic E-state index is 13.6. The SMILES string of the molecule is CN(Cc1ccccc1F)C(=O)COC(=O)c1cccc(C#N)c1. The molecule has 0 fully saturated rings. The van der Waals surface area contributed by atoms with E-state index in [-0.39, 0.29) is 12.1 Å². The highest BCUT2D eigenvalue weighted by molar-refractivity contribution is 5.91. The quantitative estimate of drug-likeness (QED) is 0.792. The molecule has 0 bridgehead atoms. The lowest BCUT2D eigenvalue weighted by molar-refractivity contribution is -0.133. The Hall–Kier alpha value is -3.20. The van der Waals surface area contributed by atoms with Gasteiger partial charge >= 0.3 is 5.97 Å². The molecule has 0 N–H and O–H groups in total. The maximum absolute atomic E-state index is 13.6. The normalized spacial score (nSPS) is 9.88. The van der Waals surface area contributed by atoms with Gasteiger partial charge in [0, 0.05) is 19.2 Å². The van der Waals surface area contributed by atoms with Gasteiger partial charge in [-0.05, 0) is 24.3 Å². The molecule has 0 saturated heterocycles. The summed E-state index contributed by atoms with van der Waals surface area (Å²) in [5.74, 6) is -1.55. The summed E-state index contributed by atoms with van der Waals surface area (Å²) in [5.41, 5.74) is 0.896. The van der Waals surface area contributed by atoms with E-state index in [9.17, 15) is 14.0 Å². The molecule has 0 spiro atoms. The topological polar surface area (TPSA) is 70.4 Å². The van der Waals surface area contributed by atoms with Crippen LogP contribution in [0, 0.1) is 17.1 Å². The molecule has 2 aromatic rings. The van der Waals surface area contributed by atoms with Gasteiger partial charge in [-0.1, -0.05) is 24.3 Å². The van der Waals surface area contributed by atoms with Crippen LogP contribution in [0.4, 0.5) is 4.39 Å². The van der Waals surface area contributed by atoms with Crippen molar-refractivity contribution in [2.75, 3.05) is 13.7 Å². The number of amides is 1. The second-order valence-electron chi connectivity index (χ2n) is 5.11. The zero-order valence-electron chi connectivity index (χ0n) is 13.0. The summed E-state index contributed by atoms with van der Waals surface area (Å²) in [5, 5.41) is 8.80. The zero-order valence-corrected chi connectivity index (χ0v) is 13.0. The largest absolute Gasteiger partial charge is 0.452 e. The van der Waals surface area contributed by atoms with Crippen molar-refractivity contribution in [1.29, 1.82) is 5.26 Å². The number of carbonyl (C=O) groups is 2. The molecule has 0 aliphatic rings. The van der Waals surface area contributed by atoms with Gasteiger partial charge in [-0.15, -0.1) is 0 Å². The Morgan fingerprint density at radius 2 is 1.96 bits per heavy atom. The summed E-state index contributed by atoms with van der Waals surface area (Å²) in [4.78, 5) is 25.2. The van der Waals surface area contributed by atoms with Crippen LogP contribution in [0.1, 0.15) is 21.5 Å². The lowest BCUT2D eigenvalue weighted by Gasteiger charge is -2.17. The van der Waals surface area contributed by atoms with Crippen LogP contribution in [0.25, 0.3) is 0 Å². The van der Waals surface area contributed by atoms with E-state index in [1.165, 1.54) is 30.1 Å². The van der Waals surface area contributed by atoms with Crippen LogP contribution in [-0.4, -0.2) is 30.4 Å². The second kappa shape index (κ2) is 7.88. The van der Waals surface area contributed by atoms with Crippen LogP contribution < -0.4 is 0 Å². The van der Waals surface area contributed by atoms with Gasteiger partial charge in [-0.2, -0.15) is 5.26 Å². The molecule has 6 heteroatoms. The molecular formula is C18H15FN2O3. The van der Waals surface area contributed by atoms with Crippen LogP contribution in [0.5, 0.6) is 0 Å². The van der Waals surface area contributed by atoms with Crippen molar-refractivity contribution in [3.63, 3.8) is 0 Å². The molecular weight excluding hydrogens is 311 g/mol. The van der Waals surface area contributed by atoms with E-state index in [0.717, 1.165) is 0 Å². The molecule has 5 nitrogen and oxygen atoms in total. The summed E-state index contributed by atoms with van der Waals surface area (Å²) in [7, 11) is 1.50. The number of ether oxygens (including phenoxy) is 1. The zero-order chi connectivity index (χ0) is 17.5. The first kappa shape index (κ1) is 17.2. The Bertz CT molecular complexity index is 799. The standard InChI is InChI=1S/C18H15FN2O3/c1-21(11-15-6-2-3-8-16(15)19)17(22)12-24-18(23)14-7-4-5-13(9-14)10-20/h2-9H,11-12H2,1H3. The third kappa shape index (κ3) is 4.40. The summed E-state index contributed by atoms with van der Waals surface area (Å²) < 4.78 is 18.5. The Kier molecular flexibility index (Phi) is 5.63. The fraction of sp³-hybridized carbons (Fsp3) is 0.167. The number of nitriles is 1. The highest BCUT2D eigenvalue weighted by Crippen LogP contribution is 2.10. The van der Waals surface area contributed by atoms with Crippen LogP contribution in [0.3, 0.4) is 0 Å². The van der Waals surface area contributed by atoms with Gasteiger partial charge in [0.05, 0.1) is 17.2 Å². The smallest absolute Gasteiger partial charge is 0.338 e. The van der Waals surface area contributed by atoms with Crippen LogP contribution in [0.15, 0.2) is 48.5 Å². The first-order valence-electron chi connectivity index (χ1n) is 7.16. The summed E-state index contributed by atoms with van der Waals surface area (Å²) >= 11 is 0. The minimum atomic E-state index is -0.695. The Morgan fingerprint density at radius 3 is 2.67 bits per heavy atom. The summed E-state index contributed by atoms with van der Waals surface area (Å²) in [6.45, 7) is -0.381. The van der Waals surface area contributed by atoms with Gasteiger partial charge in [-0.25, -0.2) is 9.18 Å². The van der Waals surface area contributed by atoms with E-state index in [1.54, 1.807) is 30.3 Å².